The SMILES string of the molecule is CCC(CC)(CO)CN(C)C(=O)CC[C@@H]1CCCN2CCCC[C@H]12. The standard InChI is InChI=1S/C20H38N2O2/c1-4-20(5-2,16-23)15-21(3)19(24)12-11-17-9-8-14-22-13-7-6-10-18(17)22/h17-18,23H,4-16H2,1-3H3/t17-,18+/m0/s1. The largest absolute Gasteiger partial charge is 0.396 e. The van der Waals surface area contributed by atoms with Gasteiger partial charge in [0.25, 0.3) is 0 Å². The minimum absolute atomic E-state index is 0.130. The lowest BCUT2D eigenvalue weighted by Gasteiger charge is -2.44. The van der Waals surface area contributed by atoms with Gasteiger partial charge < -0.3 is 14.9 Å². The number of carbonyl (C=O) groups is 1. The van der Waals surface area contributed by atoms with Crippen LogP contribution in [-0.4, -0.2) is 60.1 Å². The number of carbonyl (C=O) groups excluding carboxylic acids is 1. The van der Waals surface area contributed by atoms with Gasteiger partial charge in [0.1, 0.15) is 0 Å². The highest BCUT2D eigenvalue weighted by atomic mass is 16.3. The third kappa shape index (κ3) is 4.72. The third-order valence-corrected chi connectivity index (χ3v) is 6.79. The molecule has 2 aliphatic rings. The van der Waals surface area contributed by atoms with Crippen LogP contribution in [0.4, 0.5) is 0 Å². The summed E-state index contributed by atoms with van der Waals surface area (Å²) in [6.45, 7) is 7.59. The monoisotopic (exact) mass is 338 g/mol. The Morgan fingerprint density at radius 3 is 2.54 bits per heavy atom. The second-order valence-electron chi connectivity index (χ2n) is 8.16. The first-order valence-corrected chi connectivity index (χ1v) is 10.1. The van der Waals surface area contributed by atoms with Crippen molar-refractivity contribution in [2.75, 3.05) is 33.3 Å². The summed E-state index contributed by atoms with van der Waals surface area (Å²) in [7, 11) is 1.91. The van der Waals surface area contributed by atoms with Gasteiger partial charge in [-0.05, 0) is 64.0 Å². The Balaban J connectivity index is 1.83. The quantitative estimate of drug-likeness (QED) is 0.738. The highest BCUT2D eigenvalue weighted by molar-refractivity contribution is 5.75. The fourth-order valence-electron chi connectivity index (χ4n) is 4.75. The molecule has 2 fully saturated rings. The predicted octanol–water partition coefficient (Wildman–Crippen LogP) is 3.29. The molecule has 2 atom stereocenters. The van der Waals surface area contributed by atoms with E-state index >= 15 is 0 Å². The van der Waals surface area contributed by atoms with Gasteiger partial charge in [0.15, 0.2) is 0 Å². The number of hydrogen-bond donors (Lipinski definition) is 1. The molecule has 1 amide bonds. The Morgan fingerprint density at radius 2 is 1.88 bits per heavy atom. The Labute approximate surface area is 148 Å². The maximum absolute atomic E-state index is 12.6. The zero-order valence-electron chi connectivity index (χ0n) is 16.1. The van der Waals surface area contributed by atoms with Crippen LogP contribution < -0.4 is 0 Å². The van der Waals surface area contributed by atoms with Crippen LogP contribution in [0, 0.1) is 11.3 Å². The van der Waals surface area contributed by atoms with Crippen molar-refractivity contribution in [2.24, 2.45) is 11.3 Å². The van der Waals surface area contributed by atoms with Crippen molar-refractivity contribution in [3.05, 3.63) is 0 Å². The van der Waals surface area contributed by atoms with Gasteiger partial charge in [-0.15, -0.1) is 0 Å². The van der Waals surface area contributed by atoms with E-state index in [0.29, 0.717) is 18.9 Å². The summed E-state index contributed by atoms with van der Waals surface area (Å²) in [5.74, 6) is 0.957. The average Bonchev–Trinajstić information content (AvgIpc) is 2.64. The number of fused-ring (bicyclic) bond motifs is 1. The van der Waals surface area contributed by atoms with Gasteiger partial charge in [-0.1, -0.05) is 20.3 Å². The molecule has 0 aromatic heterocycles. The van der Waals surface area contributed by atoms with E-state index < -0.39 is 0 Å². The van der Waals surface area contributed by atoms with Gasteiger partial charge in [0.05, 0.1) is 6.61 Å². The van der Waals surface area contributed by atoms with E-state index in [0.717, 1.165) is 25.3 Å². The van der Waals surface area contributed by atoms with E-state index in [4.69, 9.17) is 0 Å². The summed E-state index contributed by atoms with van der Waals surface area (Å²) in [5, 5.41) is 9.73. The first kappa shape index (κ1) is 19.7. The van der Waals surface area contributed by atoms with Gasteiger partial charge >= 0.3 is 0 Å². The molecular formula is C20H38N2O2. The molecule has 1 N–H and O–H groups in total. The summed E-state index contributed by atoms with van der Waals surface area (Å²) in [6, 6.07) is 0.730. The Bertz CT molecular complexity index is 385. The molecule has 0 radical (unpaired) electrons. The molecule has 2 aliphatic heterocycles. The summed E-state index contributed by atoms with van der Waals surface area (Å²) in [5.41, 5.74) is -0.130. The molecule has 0 bridgehead atoms. The van der Waals surface area contributed by atoms with Crippen molar-refractivity contribution >= 4 is 5.91 Å². The molecule has 0 aliphatic carbocycles. The minimum atomic E-state index is -0.130. The predicted molar refractivity (Wildman–Crippen MR) is 98.9 cm³/mol. The molecular weight excluding hydrogens is 300 g/mol. The lowest BCUT2D eigenvalue weighted by Crippen LogP contribution is -2.48. The van der Waals surface area contributed by atoms with Crippen LogP contribution in [0.1, 0.15) is 71.6 Å². The van der Waals surface area contributed by atoms with Gasteiger partial charge in [-0.3, -0.25) is 4.79 Å². The van der Waals surface area contributed by atoms with Crippen LogP contribution in [0.3, 0.4) is 0 Å². The zero-order chi connectivity index (χ0) is 17.6. The normalized spacial score (nSPS) is 25.3. The lowest BCUT2D eigenvalue weighted by molar-refractivity contribution is -0.132. The summed E-state index contributed by atoms with van der Waals surface area (Å²) in [4.78, 5) is 17.1. The van der Waals surface area contributed by atoms with E-state index in [2.05, 4.69) is 18.7 Å². The van der Waals surface area contributed by atoms with Gasteiger partial charge in [-0.25, -0.2) is 0 Å². The van der Waals surface area contributed by atoms with Crippen LogP contribution in [-0.2, 0) is 4.79 Å². The number of aliphatic hydroxyl groups is 1. The first-order valence-electron chi connectivity index (χ1n) is 10.1. The lowest BCUT2D eigenvalue weighted by atomic mass is 9.80. The van der Waals surface area contributed by atoms with E-state index in [1.54, 1.807) is 0 Å². The van der Waals surface area contributed by atoms with Crippen molar-refractivity contribution in [3.63, 3.8) is 0 Å². The first-order chi connectivity index (χ1) is 11.5. The molecule has 140 valence electrons. The Morgan fingerprint density at radius 1 is 1.17 bits per heavy atom. The van der Waals surface area contributed by atoms with Crippen LogP contribution >= 0.6 is 0 Å². The van der Waals surface area contributed by atoms with Crippen LogP contribution in [0.15, 0.2) is 0 Å². The van der Waals surface area contributed by atoms with Crippen molar-refractivity contribution in [3.8, 4) is 0 Å². The summed E-state index contributed by atoms with van der Waals surface area (Å²) in [6.07, 6.45) is 10.2. The molecule has 2 saturated heterocycles. The van der Waals surface area contributed by atoms with Gasteiger partial charge in [-0.2, -0.15) is 0 Å². The molecule has 0 unspecified atom stereocenters. The average molecular weight is 339 g/mol. The maximum atomic E-state index is 12.6. The number of piperidine rings is 2. The number of rotatable bonds is 8. The van der Waals surface area contributed by atoms with Crippen molar-refractivity contribution < 1.29 is 9.90 Å². The second-order valence-corrected chi connectivity index (χ2v) is 8.16. The maximum Gasteiger partial charge on any atom is 0.222 e. The molecule has 4 heteroatoms. The summed E-state index contributed by atoms with van der Waals surface area (Å²) >= 11 is 0. The number of nitrogens with zero attached hydrogens (tertiary/aromatic N) is 2. The minimum Gasteiger partial charge on any atom is -0.396 e. The van der Waals surface area contributed by atoms with Crippen LogP contribution in [0.5, 0.6) is 0 Å². The van der Waals surface area contributed by atoms with Gasteiger partial charge in [0.2, 0.25) is 5.91 Å². The van der Waals surface area contributed by atoms with Gasteiger partial charge in [0, 0.05) is 31.5 Å². The third-order valence-electron chi connectivity index (χ3n) is 6.79. The molecule has 4 nitrogen and oxygen atoms in total. The Kier molecular flexibility index (Phi) is 7.55. The van der Waals surface area contributed by atoms with E-state index in [9.17, 15) is 9.90 Å². The van der Waals surface area contributed by atoms with E-state index in [1.807, 2.05) is 11.9 Å². The van der Waals surface area contributed by atoms with Crippen LogP contribution in [0.2, 0.25) is 0 Å². The fraction of sp³-hybridized carbons (Fsp3) is 0.950. The van der Waals surface area contributed by atoms with E-state index in [1.165, 1.54) is 45.2 Å². The van der Waals surface area contributed by atoms with Crippen molar-refractivity contribution in [1.29, 1.82) is 0 Å². The topological polar surface area (TPSA) is 43.8 Å². The molecule has 2 rings (SSSR count). The second kappa shape index (κ2) is 9.19. The van der Waals surface area contributed by atoms with E-state index in [-0.39, 0.29) is 17.9 Å². The molecule has 2 heterocycles. The molecule has 0 spiro atoms. The molecule has 0 aromatic rings. The zero-order valence-corrected chi connectivity index (χ0v) is 16.1. The Hall–Kier alpha value is -0.610. The number of amides is 1. The number of hydrogen-bond acceptors (Lipinski definition) is 3. The molecule has 24 heavy (non-hydrogen) atoms. The van der Waals surface area contributed by atoms with Crippen LogP contribution in [0.25, 0.3) is 0 Å². The molecule has 0 aromatic carbocycles. The fourth-order valence-corrected chi connectivity index (χ4v) is 4.75. The smallest absolute Gasteiger partial charge is 0.222 e. The van der Waals surface area contributed by atoms with Crippen molar-refractivity contribution in [2.45, 2.75) is 77.7 Å². The highest BCUT2D eigenvalue weighted by Crippen LogP contribution is 2.34. The summed E-state index contributed by atoms with van der Waals surface area (Å²) < 4.78 is 0. The van der Waals surface area contributed by atoms with Crippen molar-refractivity contribution in [1.82, 2.24) is 9.80 Å². The number of aliphatic hydroxyl groups excluding tert-OH is 1. The molecule has 0 saturated carbocycles. The highest BCUT2D eigenvalue weighted by Gasteiger charge is 2.33.